The molecule has 1 aliphatic carbocycles. The summed E-state index contributed by atoms with van der Waals surface area (Å²) in [6.07, 6.45) is 4.23. The van der Waals surface area contributed by atoms with E-state index >= 15 is 0 Å². The van der Waals surface area contributed by atoms with Crippen molar-refractivity contribution in [2.24, 2.45) is 0 Å². The second-order valence-electron chi connectivity index (χ2n) is 7.97. The molecular weight excluding hydrogens is 418 g/mol. The Hall–Kier alpha value is -2.55. The van der Waals surface area contributed by atoms with Gasteiger partial charge in [-0.1, -0.05) is 30.3 Å². The molecule has 0 N–H and O–H groups in total. The van der Waals surface area contributed by atoms with Gasteiger partial charge in [0.05, 0.1) is 16.6 Å². The molecule has 1 fully saturated rings. The van der Waals surface area contributed by atoms with Gasteiger partial charge in [0, 0.05) is 24.0 Å². The first-order chi connectivity index (χ1) is 14.5. The zero-order valence-electron chi connectivity index (χ0n) is 16.1. The van der Waals surface area contributed by atoms with Gasteiger partial charge in [0.25, 0.3) is 5.56 Å². The lowest BCUT2D eigenvalue weighted by Gasteiger charge is -2.26. The molecular formula is C22H19N3O3S2. The van der Waals surface area contributed by atoms with E-state index in [4.69, 9.17) is 0 Å². The molecule has 1 aliphatic heterocycles. The SMILES string of the molecule is O=c1c2c3c(sc2ncn1C1CC1)CN(S(=O)(=O)c1ccc2ccccc2c1)CC3. The van der Waals surface area contributed by atoms with E-state index in [9.17, 15) is 13.2 Å². The summed E-state index contributed by atoms with van der Waals surface area (Å²) in [5, 5.41) is 2.61. The lowest BCUT2D eigenvalue weighted by molar-refractivity contribution is 0.396. The Morgan fingerprint density at radius 2 is 1.87 bits per heavy atom. The van der Waals surface area contributed by atoms with Crippen LogP contribution in [0.2, 0.25) is 0 Å². The Balaban J connectivity index is 1.39. The Bertz CT molecular complexity index is 1480. The molecule has 0 bridgehead atoms. The van der Waals surface area contributed by atoms with Crippen molar-refractivity contribution in [1.29, 1.82) is 0 Å². The summed E-state index contributed by atoms with van der Waals surface area (Å²) in [5.74, 6) is 0. The standard InChI is InChI=1S/C22H19N3O3S2/c26-22-20-18-9-10-24(12-19(18)29-21(20)23-13-25(22)16-6-7-16)30(27,28)17-8-5-14-3-1-2-4-15(14)11-17/h1-5,8,11,13,16H,6-7,9-10,12H2. The molecule has 1 saturated carbocycles. The number of rotatable bonds is 3. The summed E-state index contributed by atoms with van der Waals surface area (Å²) in [4.78, 5) is 19.4. The molecule has 6 rings (SSSR count). The average molecular weight is 438 g/mol. The largest absolute Gasteiger partial charge is 0.296 e. The van der Waals surface area contributed by atoms with Gasteiger partial charge in [-0.05, 0) is 47.7 Å². The van der Waals surface area contributed by atoms with Crippen molar-refractivity contribution in [1.82, 2.24) is 13.9 Å². The summed E-state index contributed by atoms with van der Waals surface area (Å²) in [7, 11) is -3.62. The van der Waals surface area contributed by atoms with Crippen LogP contribution in [0.5, 0.6) is 0 Å². The fourth-order valence-electron chi connectivity index (χ4n) is 4.27. The van der Waals surface area contributed by atoms with Crippen molar-refractivity contribution in [3.63, 3.8) is 0 Å². The molecule has 0 radical (unpaired) electrons. The van der Waals surface area contributed by atoms with Gasteiger partial charge in [-0.3, -0.25) is 9.36 Å². The van der Waals surface area contributed by atoms with Gasteiger partial charge in [-0.15, -0.1) is 11.3 Å². The maximum absolute atomic E-state index is 13.3. The number of fused-ring (bicyclic) bond motifs is 4. The second kappa shape index (κ2) is 6.47. The van der Waals surface area contributed by atoms with E-state index in [2.05, 4.69) is 4.98 Å². The summed E-state index contributed by atoms with van der Waals surface area (Å²) in [6.45, 7) is 0.653. The van der Waals surface area contributed by atoms with Crippen molar-refractivity contribution >= 4 is 42.3 Å². The number of aromatic nitrogens is 2. The minimum absolute atomic E-state index is 0.0193. The lowest BCUT2D eigenvalue weighted by Crippen LogP contribution is -2.35. The van der Waals surface area contributed by atoms with Crippen LogP contribution in [-0.4, -0.2) is 28.8 Å². The summed E-state index contributed by atoms with van der Waals surface area (Å²) in [5.41, 5.74) is 0.998. The molecule has 0 unspecified atom stereocenters. The summed E-state index contributed by atoms with van der Waals surface area (Å²) >= 11 is 1.44. The zero-order valence-corrected chi connectivity index (χ0v) is 17.7. The quantitative estimate of drug-likeness (QED) is 0.490. The third-order valence-corrected chi connectivity index (χ3v) is 9.02. The van der Waals surface area contributed by atoms with Crippen molar-refractivity contribution in [3.8, 4) is 0 Å². The normalized spacial score (nSPS) is 17.5. The third kappa shape index (κ3) is 2.74. The first-order valence-electron chi connectivity index (χ1n) is 10.0. The smallest absolute Gasteiger partial charge is 0.262 e. The fourth-order valence-corrected chi connectivity index (χ4v) is 6.99. The highest BCUT2D eigenvalue weighted by Crippen LogP contribution is 2.37. The number of nitrogens with zero attached hydrogens (tertiary/aromatic N) is 3. The third-order valence-electron chi connectivity index (χ3n) is 6.05. The Kier molecular flexibility index (Phi) is 3.93. The monoisotopic (exact) mass is 437 g/mol. The van der Waals surface area contributed by atoms with Crippen LogP contribution in [-0.2, 0) is 23.0 Å². The Labute approximate surface area is 177 Å². The van der Waals surface area contributed by atoms with Gasteiger partial charge >= 0.3 is 0 Å². The molecule has 0 atom stereocenters. The zero-order chi connectivity index (χ0) is 20.5. The minimum atomic E-state index is -3.62. The van der Waals surface area contributed by atoms with Gasteiger partial charge < -0.3 is 0 Å². The second-order valence-corrected chi connectivity index (χ2v) is 11.0. The Morgan fingerprint density at radius 3 is 2.67 bits per heavy atom. The molecule has 4 aromatic rings. The minimum Gasteiger partial charge on any atom is -0.296 e. The first-order valence-corrected chi connectivity index (χ1v) is 12.3. The molecule has 0 spiro atoms. The van der Waals surface area contributed by atoms with Crippen LogP contribution >= 0.6 is 11.3 Å². The van der Waals surface area contributed by atoms with E-state index < -0.39 is 10.0 Å². The van der Waals surface area contributed by atoms with E-state index in [0.717, 1.165) is 34.1 Å². The molecule has 2 aromatic carbocycles. The van der Waals surface area contributed by atoms with Crippen LogP contribution in [0.25, 0.3) is 21.0 Å². The van der Waals surface area contributed by atoms with Crippen LogP contribution < -0.4 is 5.56 Å². The molecule has 3 heterocycles. The van der Waals surface area contributed by atoms with Crippen LogP contribution in [0.15, 0.2) is 58.5 Å². The van der Waals surface area contributed by atoms with E-state index in [1.54, 1.807) is 23.0 Å². The van der Waals surface area contributed by atoms with E-state index in [1.807, 2.05) is 30.3 Å². The number of sulfonamides is 1. The maximum Gasteiger partial charge on any atom is 0.262 e. The van der Waals surface area contributed by atoms with Crippen molar-refractivity contribution in [2.45, 2.75) is 36.7 Å². The van der Waals surface area contributed by atoms with Gasteiger partial charge in [0.1, 0.15) is 4.83 Å². The van der Waals surface area contributed by atoms with E-state index in [0.29, 0.717) is 28.1 Å². The molecule has 2 aliphatic rings. The van der Waals surface area contributed by atoms with Crippen molar-refractivity contribution in [3.05, 3.63) is 69.6 Å². The highest BCUT2D eigenvalue weighted by molar-refractivity contribution is 7.89. The van der Waals surface area contributed by atoms with Gasteiger partial charge in [0.2, 0.25) is 10.0 Å². The van der Waals surface area contributed by atoms with Gasteiger partial charge in [-0.25, -0.2) is 13.4 Å². The molecule has 152 valence electrons. The predicted octanol–water partition coefficient (Wildman–Crippen LogP) is 3.69. The number of hydrogen-bond donors (Lipinski definition) is 0. The molecule has 0 saturated heterocycles. The number of hydrogen-bond acceptors (Lipinski definition) is 5. The Morgan fingerprint density at radius 1 is 1.07 bits per heavy atom. The van der Waals surface area contributed by atoms with Crippen molar-refractivity contribution in [2.75, 3.05) is 6.54 Å². The highest BCUT2D eigenvalue weighted by atomic mass is 32.2. The molecule has 0 amide bonds. The van der Waals surface area contributed by atoms with Gasteiger partial charge in [-0.2, -0.15) is 4.31 Å². The van der Waals surface area contributed by atoms with Crippen LogP contribution in [0, 0.1) is 0 Å². The van der Waals surface area contributed by atoms with E-state index in [1.165, 1.54) is 15.6 Å². The lowest BCUT2D eigenvalue weighted by atomic mass is 10.1. The molecule has 6 nitrogen and oxygen atoms in total. The average Bonchev–Trinajstić information content (AvgIpc) is 3.52. The van der Waals surface area contributed by atoms with Crippen LogP contribution in [0.3, 0.4) is 0 Å². The van der Waals surface area contributed by atoms with Crippen LogP contribution in [0.4, 0.5) is 0 Å². The summed E-state index contributed by atoms with van der Waals surface area (Å²) < 4.78 is 29.9. The first kappa shape index (κ1) is 18.2. The van der Waals surface area contributed by atoms with E-state index in [-0.39, 0.29) is 18.1 Å². The maximum atomic E-state index is 13.3. The number of benzene rings is 2. The topological polar surface area (TPSA) is 72.3 Å². The fraction of sp³-hybridized carbons (Fsp3) is 0.273. The predicted molar refractivity (Wildman–Crippen MR) is 117 cm³/mol. The number of thiophene rings is 1. The molecule has 2 aromatic heterocycles. The molecule has 8 heteroatoms. The summed E-state index contributed by atoms with van der Waals surface area (Å²) in [6, 6.07) is 13.3. The van der Waals surface area contributed by atoms with Crippen molar-refractivity contribution < 1.29 is 8.42 Å². The highest BCUT2D eigenvalue weighted by Gasteiger charge is 2.32. The van der Waals surface area contributed by atoms with Gasteiger partial charge in [0.15, 0.2) is 0 Å². The van der Waals surface area contributed by atoms with Crippen LogP contribution in [0.1, 0.15) is 29.3 Å². The molecule has 30 heavy (non-hydrogen) atoms.